The quantitative estimate of drug-likeness (QED) is 0.256. The third kappa shape index (κ3) is 7.70. The molecule has 1 rings (SSSR count). The highest BCUT2D eigenvalue weighted by atomic mass is 127. The summed E-state index contributed by atoms with van der Waals surface area (Å²) in [7, 11) is 1.59. The van der Waals surface area contributed by atoms with Crippen LogP contribution in [-0.4, -0.2) is 45.2 Å². The number of amides is 1. The highest BCUT2D eigenvalue weighted by Gasteiger charge is 2.16. The van der Waals surface area contributed by atoms with Crippen molar-refractivity contribution in [3.8, 4) is 0 Å². The van der Waals surface area contributed by atoms with Gasteiger partial charge in [0.05, 0.1) is 6.61 Å². The summed E-state index contributed by atoms with van der Waals surface area (Å²) in [6.07, 6.45) is 3.83. The molecule has 1 saturated carbocycles. The monoisotopic (exact) mass is 370 g/mol. The molecule has 0 bridgehead atoms. The van der Waals surface area contributed by atoms with Crippen LogP contribution in [0.5, 0.6) is 0 Å². The topological polar surface area (TPSA) is 88.7 Å². The van der Waals surface area contributed by atoms with Crippen molar-refractivity contribution in [2.45, 2.75) is 19.3 Å². The molecule has 7 heteroatoms. The second kappa shape index (κ2) is 10.4. The first-order valence-electron chi connectivity index (χ1n) is 6.01. The molecule has 0 saturated heterocycles. The van der Waals surface area contributed by atoms with Crippen molar-refractivity contribution in [2.75, 3.05) is 33.4 Å². The van der Waals surface area contributed by atoms with Crippen LogP contribution < -0.4 is 16.4 Å². The number of methoxy groups -OCH3 is 1. The fraction of sp³-hybridized carbons (Fsp3) is 0.818. The number of nitrogens with zero attached hydrogens (tertiary/aromatic N) is 1. The molecule has 0 radical (unpaired) electrons. The minimum Gasteiger partial charge on any atom is -0.383 e. The molecular formula is C11H23IN4O2. The summed E-state index contributed by atoms with van der Waals surface area (Å²) < 4.78 is 4.81. The van der Waals surface area contributed by atoms with Crippen LogP contribution >= 0.6 is 24.0 Å². The number of ether oxygens (including phenoxy) is 1. The predicted octanol–water partition coefficient (Wildman–Crippen LogP) is 0.0714. The first-order chi connectivity index (χ1) is 8.22. The molecule has 1 fully saturated rings. The lowest BCUT2D eigenvalue weighted by Gasteiger charge is -2.25. The SMILES string of the molecule is COCCNC(=O)CN=C(N)NCC1CCC1.I. The summed E-state index contributed by atoms with van der Waals surface area (Å²) in [6.45, 7) is 1.93. The number of guanidine groups is 1. The molecule has 0 aromatic rings. The normalized spacial score (nSPS) is 15.5. The molecule has 1 amide bonds. The molecular weight excluding hydrogens is 347 g/mol. The Morgan fingerprint density at radius 2 is 2.17 bits per heavy atom. The van der Waals surface area contributed by atoms with Crippen LogP contribution in [0.3, 0.4) is 0 Å². The predicted molar refractivity (Wildman–Crippen MR) is 82.1 cm³/mol. The van der Waals surface area contributed by atoms with Crippen LogP contribution in [0.2, 0.25) is 0 Å². The van der Waals surface area contributed by atoms with Crippen LogP contribution in [0.4, 0.5) is 0 Å². The molecule has 0 heterocycles. The summed E-state index contributed by atoms with van der Waals surface area (Å²) in [6, 6.07) is 0. The van der Waals surface area contributed by atoms with Gasteiger partial charge in [0.2, 0.25) is 5.91 Å². The molecule has 0 aromatic carbocycles. The average Bonchev–Trinajstić information content (AvgIpc) is 2.24. The van der Waals surface area contributed by atoms with Gasteiger partial charge in [0.1, 0.15) is 6.54 Å². The Morgan fingerprint density at radius 3 is 2.72 bits per heavy atom. The molecule has 0 unspecified atom stereocenters. The Labute approximate surface area is 125 Å². The number of nitrogens with two attached hydrogens (primary N) is 1. The number of carbonyl (C=O) groups excluding carboxylic acids is 1. The summed E-state index contributed by atoms with van der Waals surface area (Å²) in [5, 5.41) is 5.70. The van der Waals surface area contributed by atoms with Crippen LogP contribution in [0, 0.1) is 5.92 Å². The standard InChI is InChI=1S/C11H22N4O2.HI/c1-17-6-5-13-10(16)8-15-11(12)14-7-9-3-2-4-9;/h9H,2-8H2,1H3,(H,13,16)(H3,12,14,15);1H. The van der Waals surface area contributed by atoms with Crippen molar-refractivity contribution in [3.05, 3.63) is 0 Å². The van der Waals surface area contributed by atoms with E-state index in [2.05, 4.69) is 15.6 Å². The number of aliphatic imine (C=N–C) groups is 1. The number of halogens is 1. The maximum Gasteiger partial charge on any atom is 0.241 e. The first kappa shape index (κ1) is 17.4. The highest BCUT2D eigenvalue weighted by molar-refractivity contribution is 14.0. The molecule has 0 atom stereocenters. The third-order valence-electron chi connectivity index (χ3n) is 2.82. The summed E-state index contributed by atoms with van der Waals surface area (Å²) in [5.41, 5.74) is 5.64. The van der Waals surface area contributed by atoms with Gasteiger partial charge in [-0.3, -0.25) is 4.79 Å². The van der Waals surface area contributed by atoms with Gasteiger partial charge in [-0.2, -0.15) is 0 Å². The Hall–Kier alpha value is -0.570. The van der Waals surface area contributed by atoms with Crippen molar-refractivity contribution >= 4 is 35.8 Å². The van der Waals surface area contributed by atoms with E-state index >= 15 is 0 Å². The van der Waals surface area contributed by atoms with E-state index in [1.54, 1.807) is 7.11 Å². The number of hydrogen-bond donors (Lipinski definition) is 3. The van der Waals surface area contributed by atoms with Gasteiger partial charge in [-0.15, -0.1) is 24.0 Å². The maximum absolute atomic E-state index is 11.3. The van der Waals surface area contributed by atoms with E-state index < -0.39 is 0 Å². The van der Waals surface area contributed by atoms with Gasteiger partial charge in [-0.25, -0.2) is 4.99 Å². The van der Waals surface area contributed by atoms with E-state index in [-0.39, 0.29) is 36.4 Å². The van der Waals surface area contributed by atoms with E-state index in [0.29, 0.717) is 19.1 Å². The van der Waals surface area contributed by atoms with Crippen molar-refractivity contribution < 1.29 is 9.53 Å². The zero-order valence-electron chi connectivity index (χ0n) is 10.8. The second-order valence-corrected chi connectivity index (χ2v) is 4.22. The third-order valence-corrected chi connectivity index (χ3v) is 2.82. The lowest BCUT2D eigenvalue weighted by atomic mass is 9.85. The van der Waals surface area contributed by atoms with Crippen molar-refractivity contribution in [1.82, 2.24) is 10.6 Å². The molecule has 18 heavy (non-hydrogen) atoms. The fourth-order valence-electron chi connectivity index (χ4n) is 1.51. The van der Waals surface area contributed by atoms with Crippen molar-refractivity contribution in [3.63, 3.8) is 0 Å². The lowest BCUT2D eigenvalue weighted by Crippen LogP contribution is -2.38. The Bertz CT molecular complexity index is 270. The molecule has 1 aliphatic carbocycles. The largest absolute Gasteiger partial charge is 0.383 e. The zero-order chi connectivity index (χ0) is 12.5. The second-order valence-electron chi connectivity index (χ2n) is 4.22. The molecule has 0 aliphatic heterocycles. The fourth-order valence-corrected chi connectivity index (χ4v) is 1.51. The van der Waals surface area contributed by atoms with Crippen LogP contribution in [-0.2, 0) is 9.53 Å². The van der Waals surface area contributed by atoms with Gasteiger partial charge in [-0.1, -0.05) is 6.42 Å². The Kier molecular flexibility index (Phi) is 10.0. The summed E-state index contributed by atoms with van der Waals surface area (Å²) in [4.78, 5) is 15.2. The minimum atomic E-state index is -0.143. The van der Waals surface area contributed by atoms with E-state index in [9.17, 15) is 4.79 Å². The van der Waals surface area contributed by atoms with Crippen molar-refractivity contribution in [1.29, 1.82) is 0 Å². The van der Waals surface area contributed by atoms with Crippen molar-refractivity contribution in [2.24, 2.45) is 16.6 Å². The van der Waals surface area contributed by atoms with Gasteiger partial charge in [-0.05, 0) is 18.8 Å². The van der Waals surface area contributed by atoms with Gasteiger partial charge in [0.15, 0.2) is 5.96 Å². The van der Waals surface area contributed by atoms with E-state index in [1.807, 2.05) is 0 Å². The van der Waals surface area contributed by atoms with E-state index in [4.69, 9.17) is 10.5 Å². The highest BCUT2D eigenvalue weighted by Crippen LogP contribution is 2.24. The average molecular weight is 370 g/mol. The van der Waals surface area contributed by atoms with Gasteiger partial charge in [0.25, 0.3) is 0 Å². The molecule has 1 aliphatic rings. The Morgan fingerprint density at radius 1 is 1.44 bits per heavy atom. The molecule has 0 aromatic heterocycles. The number of nitrogens with one attached hydrogen (secondary N) is 2. The van der Waals surface area contributed by atoms with E-state index in [0.717, 1.165) is 12.5 Å². The smallest absolute Gasteiger partial charge is 0.241 e. The number of carbonyl (C=O) groups is 1. The van der Waals surface area contributed by atoms with Gasteiger partial charge >= 0.3 is 0 Å². The summed E-state index contributed by atoms with van der Waals surface area (Å²) in [5.74, 6) is 0.925. The lowest BCUT2D eigenvalue weighted by molar-refractivity contribution is -0.119. The molecule has 6 nitrogen and oxygen atoms in total. The molecule has 0 spiro atoms. The molecule has 106 valence electrons. The van der Waals surface area contributed by atoms with Gasteiger partial charge < -0.3 is 21.1 Å². The maximum atomic E-state index is 11.3. The first-order valence-corrected chi connectivity index (χ1v) is 6.01. The number of hydrogen-bond acceptors (Lipinski definition) is 3. The van der Waals surface area contributed by atoms with Gasteiger partial charge in [0, 0.05) is 20.2 Å². The van der Waals surface area contributed by atoms with Crippen LogP contribution in [0.15, 0.2) is 4.99 Å². The summed E-state index contributed by atoms with van der Waals surface area (Å²) >= 11 is 0. The van der Waals surface area contributed by atoms with E-state index in [1.165, 1.54) is 19.3 Å². The van der Waals surface area contributed by atoms with Crippen LogP contribution in [0.25, 0.3) is 0 Å². The minimum absolute atomic E-state index is 0. The zero-order valence-corrected chi connectivity index (χ0v) is 13.1. The Balaban J connectivity index is 0.00000289. The molecule has 4 N–H and O–H groups in total. The van der Waals surface area contributed by atoms with Crippen LogP contribution in [0.1, 0.15) is 19.3 Å². The number of rotatable bonds is 7.